The lowest BCUT2D eigenvalue weighted by Crippen LogP contribution is -2.31. The van der Waals surface area contributed by atoms with E-state index in [-0.39, 0.29) is 0 Å². The summed E-state index contributed by atoms with van der Waals surface area (Å²) >= 11 is 0. The molecule has 3 aliphatic rings. The minimum absolute atomic E-state index is 0.766. The normalized spacial score (nSPS) is 27.3. The monoisotopic (exact) mass is 407 g/mol. The Bertz CT molecular complexity index is 821. The lowest BCUT2D eigenvalue weighted by molar-refractivity contribution is 0.0544. The van der Waals surface area contributed by atoms with Gasteiger partial charge in [-0.15, -0.1) is 0 Å². The van der Waals surface area contributed by atoms with Crippen LogP contribution in [0.15, 0.2) is 36.4 Å². The SMILES string of the molecule is COc1cccc(-c2ccc(CC3C[C@@H]4CN(CC5CCOCC5)C[C@@H]4C3)nn2)c1. The van der Waals surface area contributed by atoms with Gasteiger partial charge in [-0.2, -0.15) is 10.2 Å². The molecule has 3 atom stereocenters. The molecule has 3 heterocycles. The molecule has 3 fully saturated rings. The second-order valence-corrected chi connectivity index (χ2v) is 9.48. The molecule has 2 aromatic rings. The molecule has 0 bridgehead atoms. The number of benzene rings is 1. The highest BCUT2D eigenvalue weighted by molar-refractivity contribution is 5.60. The van der Waals surface area contributed by atoms with Crippen molar-refractivity contribution in [1.82, 2.24) is 15.1 Å². The summed E-state index contributed by atoms with van der Waals surface area (Å²) in [7, 11) is 1.69. The van der Waals surface area contributed by atoms with E-state index in [1.165, 1.54) is 45.3 Å². The fourth-order valence-electron chi connectivity index (χ4n) is 5.83. The number of ether oxygens (including phenoxy) is 2. The van der Waals surface area contributed by atoms with Crippen LogP contribution in [0.3, 0.4) is 0 Å². The van der Waals surface area contributed by atoms with E-state index >= 15 is 0 Å². The zero-order valence-corrected chi connectivity index (χ0v) is 18.0. The van der Waals surface area contributed by atoms with Crippen LogP contribution in [0.2, 0.25) is 0 Å². The first-order chi connectivity index (χ1) is 14.8. The first kappa shape index (κ1) is 20.0. The van der Waals surface area contributed by atoms with Crippen molar-refractivity contribution < 1.29 is 9.47 Å². The van der Waals surface area contributed by atoms with E-state index in [0.717, 1.165) is 66.0 Å². The molecule has 1 aromatic carbocycles. The Balaban J connectivity index is 1.13. The van der Waals surface area contributed by atoms with Crippen LogP contribution in [0.25, 0.3) is 11.3 Å². The van der Waals surface area contributed by atoms with Crippen LogP contribution in [0.5, 0.6) is 5.75 Å². The Labute approximate surface area is 179 Å². The lowest BCUT2D eigenvalue weighted by atomic mass is 9.98. The fraction of sp³-hybridized carbons (Fsp3) is 0.600. The Hall–Kier alpha value is -1.98. The summed E-state index contributed by atoms with van der Waals surface area (Å²) in [4.78, 5) is 2.74. The van der Waals surface area contributed by atoms with Gasteiger partial charge in [0.15, 0.2) is 0 Å². The van der Waals surface area contributed by atoms with Gasteiger partial charge in [0.25, 0.3) is 0 Å². The molecule has 5 nitrogen and oxygen atoms in total. The smallest absolute Gasteiger partial charge is 0.119 e. The molecule has 1 unspecified atom stereocenters. The number of rotatable bonds is 6. The molecule has 5 heteroatoms. The van der Waals surface area contributed by atoms with E-state index in [1.807, 2.05) is 18.2 Å². The van der Waals surface area contributed by atoms with Gasteiger partial charge in [-0.1, -0.05) is 12.1 Å². The standard InChI is InChI=1S/C25H33N3O2/c1-29-24-4-2-3-20(14-24)25-6-5-23(26-27-25)13-19-11-21-16-28(17-22(21)12-19)15-18-7-9-30-10-8-18/h2-6,14,18-19,21-22H,7-13,15-17H2,1H3/t19?,21-,22+. The van der Waals surface area contributed by atoms with Gasteiger partial charge in [-0.05, 0) is 80.0 Å². The van der Waals surface area contributed by atoms with E-state index in [1.54, 1.807) is 7.11 Å². The molecular weight excluding hydrogens is 374 g/mol. The van der Waals surface area contributed by atoms with E-state index < -0.39 is 0 Å². The van der Waals surface area contributed by atoms with Crippen molar-refractivity contribution in [1.29, 1.82) is 0 Å². The topological polar surface area (TPSA) is 47.5 Å². The number of nitrogens with zero attached hydrogens (tertiary/aromatic N) is 3. The third-order valence-corrected chi connectivity index (χ3v) is 7.36. The molecule has 1 saturated carbocycles. The molecule has 2 aliphatic heterocycles. The van der Waals surface area contributed by atoms with Crippen molar-refractivity contribution in [3.8, 4) is 17.0 Å². The lowest BCUT2D eigenvalue weighted by Gasteiger charge is -2.27. The summed E-state index contributed by atoms with van der Waals surface area (Å²) in [6.07, 6.45) is 6.28. The predicted octanol–water partition coefficient (Wildman–Crippen LogP) is 4.08. The molecule has 0 N–H and O–H groups in total. The molecule has 0 spiro atoms. The third-order valence-electron chi connectivity index (χ3n) is 7.36. The molecular formula is C25H33N3O2. The molecule has 5 rings (SSSR count). The minimum atomic E-state index is 0.766. The third kappa shape index (κ3) is 4.52. The maximum atomic E-state index is 5.52. The van der Waals surface area contributed by atoms with Gasteiger partial charge >= 0.3 is 0 Å². The van der Waals surface area contributed by atoms with E-state index in [2.05, 4.69) is 33.3 Å². The zero-order chi connectivity index (χ0) is 20.3. The van der Waals surface area contributed by atoms with Crippen LogP contribution in [-0.2, 0) is 11.2 Å². The summed E-state index contributed by atoms with van der Waals surface area (Å²) < 4.78 is 10.8. The van der Waals surface area contributed by atoms with E-state index in [9.17, 15) is 0 Å². The Morgan fingerprint density at radius 2 is 1.80 bits per heavy atom. The fourth-order valence-corrected chi connectivity index (χ4v) is 5.83. The molecule has 30 heavy (non-hydrogen) atoms. The summed E-state index contributed by atoms with van der Waals surface area (Å²) in [5, 5.41) is 9.04. The maximum absolute atomic E-state index is 5.52. The number of hydrogen-bond donors (Lipinski definition) is 0. The summed E-state index contributed by atoms with van der Waals surface area (Å²) in [5.41, 5.74) is 3.09. The van der Waals surface area contributed by atoms with Crippen LogP contribution in [0, 0.1) is 23.7 Å². The molecule has 1 aliphatic carbocycles. The van der Waals surface area contributed by atoms with Crippen molar-refractivity contribution in [2.24, 2.45) is 23.7 Å². The van der Waals surface area contributed by atoms with Gasteiger partial charge in [-0.25, -0.2) is 0 Å². The number of hydrogen-bond acceptors (Lipinski definition) is 5. The minimum Gasteiger partial charge on any atom is -0.497 e. The average Bonchev–Trinajstić information content (AvgIpc) is 3.33. The van der Waals surface area contributed by atoms with Gasteiger partial charge in [0, 0.05) is 38.4 Å². The second-order valence-electron chi connectivity index (χ2n) is 9.48. The van der Waals surface area contributed by atoms with Gasteiger partial charge in [0.2, 0.25) is 0 Å². The largest absolute Gasteiger partial charge is 0.497 e. The highest BCUT2D eigenvalue weighted by Gasteiger charge is 2.41. The van der Waals surface area contributed by atoms with Crippen LogP contribution >= 0.6 is 0 Å². The molecule has 160 valence electrons. The second kappa shape index (κ2) is 9.03. The van der Waals surface area contributed by atoms with Gasteiger partial charge < -0.3 is 14.4 Å². The molecule has 0 amide bonds. The van der Waals surface area contributed by atoms with Crippen LogP contribution in [0.4, 0.5) is 0 Å². The molecule has 0 radical (unpaired) electrons. The van der Waals surface area contributed by atoms with Crippen molar-refractivity contribution >= 4 is 0 Å². The van der Waals surface area contributed by atoms with E-state index in [4.69, 9.17) is 9.47 Å². The summed E-state index contributed by atoms with van der Waals surface area (Å²) in [6, 6.07) is 12.3. The highest BCUT2D eigenvalue weighted by atomic mass is 16.5. The summed E-state index contributed by atoms with van der Waals surface area (Å²) in [6.45, 7) is 5.83. The number of fused-ring (bicyclic) bond motifs is 1. The highest BCUT2D eigenvalue weighted by Crippen LogP contribution is 2.43. The molecule has 1 aromatic heterocycles. The first-order valence-electron chi connectivity index (χ1n) is 11.5. The maximum Gasteiger partial charge on any atom is 0.119 e. The van der Waals surface area contributed by atoms with Crippen LogP contribution < -0.4 is 4.74 Å². The van der Waals surface area contributed by atoms with Crippen molar-refractivity contribution in [3.63, 3.8) is 0 Å². The predicted molar refractivity (Wildman–Crippen MR) is 117 cm³/mol. The average molecular weight is 408 g/mol. The van der Waals surface area contributed by atoms with Crippen LogP contribution in [0.1, 0.15) is 31.4 Å². The Kier molecular flexibility index (Phi) is 6.00. The van der Waals surface area contributed by atoms with Crippen molar-refractivity contribution in [3.05, 3.63) is 42.1 Å². The number of methoxy groups -OCH3 is 1. The Morgan fingerprint density at radius 3 is 2.50 bits per heavy atom. The first-order valence-corrected chi connectivity index (χ1v) is 11.5. The van der Waals surface area contributed by atoms with Gasteiger partial charge in [0.1, 0.15) is 5.75 Å². The van der Waals surface area contributed by atoms with Crippen molar-refractivity contribution in [2.75, 3.05) is 40.0 Å². The van der Waals surface area contributed by atoms with Crippen molar-refractivity contribution in [2.45, 2.75) is 32.1 Å². The van der Waals surface area contributed by atoms with E-state index in [0.29, 0.717) is 0 Å². The summed E-state index contributed by atoms with van der Waals surface area (Å²) in [5.74, 6) is 4.24. The van der Waals surface area contributed by atoms with Gasteiger partial charge in [-0.3, -0.25) is 0 Å². The number of aromatic nitrogens is 2. The van der Waals surface area contributed by atoms with Crippen LogP contribution in [-0.4, -0.2) is 55.1 Å². The quantitative estimate of drug-likeness (QED) is 0.722. The van der Waals surface area contributed by atoms with Gasteiger partial charge in [0.05, 0.1) is 18.5 Å². The zero-order valence-electron chi connectivity index (χ0n) is 18.0. The number of likely N-dealkylation sites (tertiary alicyclic amines) is 1. The molecule has 2 saturated heterocycles. The Morgan fingerprint density at radius 1 is 1.00 bits per heavy atom.